The van der Waals surface area contributed by atoms with E-state index in [1.165, 1.54) is 32.1 Å². The average Bonchev–Trinajstić information content (AvgIpc) is 2.80. The third-order valence-electron chi connectivity index (χ3n) is 6.18. The third-order valence-corrected chi connectivity index (χ3v) is 6.18. The summed E-state index contributed by atoms with van der Waals surface area (Å²) in [5.74, 6) is 0.612. The van der Waals surface area contributed by atoms with Crippen LogP contribution in [0.4, 0.5) is 0 Å². The van der Waals surface area contributed by atoms with Gasteiger partial charge in [0, 0.05) is 13.2 Å². The predicted molar refractivity (Wildman–Crippen MR) is 123 cm³/mol. The third kappa shape index (κ3) is 7.79. The number of benzene rings is 1. The van der Waals surface area contributed by atoms with Gasteiger partial charge in [0.1, 0.15) is 24.4 Å². The summed E-state index contributed by atoms with van der Waals surface area (Å²) in [6, 6.07) is 9.98. The number of ether oxygens (including phenoxy) is 5. The zero-order chi connectivity index (χ0) is 22.8. The Balaban J connectivity index is 1.65. The van der Waals surface area contributed by atoms with Gasteiger partial charge < -0.3 is 28.8 Å². The molecule has 2 fully saturated rings. The van der Waals surface area contributed by atoms with E-state index in [-0.39, 0.29) is 6.10 Å². The average molecular weight is 451 g/mol. The van der Waals surface area contributed by atoms with Crippen molar-refractivity contribution in [3.63, 3.8) is 0 Å². The molecule has 0 bridgehead atoms. The molecule has 2 aliphatic rings. The van der Waals surface area contributed by atoms with Gasteiger partial charge in [-0.15, -0.1) is 0 Å². The molecule has 1 saturated carbocycles. The van der Waals surface area contributed by atoms with Crippen LogP contribution in [-0.2, 0) is 30.3 Å². The summed E-state index contributed by atoms with van der Waals surface area (Å²) < 4.78 is 30.6. The van der Waals surface area contributed by atoms with Crippen molar-refractivity contribution in [3.8, 4) is 0 Å². The van der Waals surface area contributed by atoms with Crippen molar-refractivity contribution in [2.75, 3.05) is 19.8 Å². The van der Waals surface area contributed by atoms with Crippen molar-refractivity contribution in [2.24, 2.45) is 5.92 Å². The zero-order valence-electron chi connectivity index (χ0n) is 20.0. The first-order valence-corrected chi connectivity index (χ1v) is 12.4. The molecule has 6 heteroatoms. The van der Waals surface area contributed by atoms with Crippen LogP contribution < -0.4 is 0 Å². The van der Waals surface area contributed by atoms with E-state index < -0.39 is 30.7 Å². The van der Waals surface area contributed by atoms with Crippen LogP contribution in [0.25, 0.3) is 0 Å². The molecule has 5 atom stereocenters. The van der Waals surface area contributed by atoms with Gasteiger partial charge >= 0.3 is 0 Å². The standard InChI is InChI=1S/C26H42O6/c1-4-15-29-24-23(27)22(18-28-16-20-11-7-5-8-12-20)32-26(31-19(2)3)25(24)30-17-21-13-9-6-10-14-21/h6,9-10,13-14,19-20,22-27H,4-5,7-8,11-12,15-18H2,1-3H3/t22-,23-,24+,25-,26?/m1/s1. The van der Waals surface area contributed by atoms with Crippen LogP contribution in [0.5, 0.6) is 0 Å². The lowest BCUT2D eigenvalue weighted by atomic mass is 9.90. The van der Waals surface area contributed by atoms with Crippen molar-refractivity contribution < 1.29 is 28.8 Å². The summed E-state index contributed by atoms with van der Waals surface area (Å²) in [5, 5.41) is 11.1. The molecule has 1 aromatic carbocycles. The summed E-state index contributed by atoms with van der Waals surface area (Å²) in [4.78, 5) is 0. The van der Waals surface area contributed by atoms with Crippen LogP contribution in [0, 0.1) is 5.92 Å². The highest BCUT2D eigenvalue weighted by atomic mass is 16.7. The molecule has 1 aromatic rings. The number of hydrogen-bond donors (Lipinski definition) is 1. The molecular formula is C26H42O6. The molecule has 0 aromatic heterocycles. The molecule has 6 nitrogen and oxygen atoms in total. The van der Waals surface area contributed by atoms with Gasteiger partial charge in [0.15, 0.2) is 6.29 Å². The molecule has 1 heterocycles. The Morgan fingerprint density at radius 2 is 1.75 bits per heavy atom. The van der Waals surface area contributed by atoms with E-state index in [2.05, 4.69) is 6.92 Å². The highest BCUT2D eigenvalue weighted by Gasteiger charge is 2.47. The second-order valence-corrected chi connectivity index (χ2v) is 9.36. The molecule has 1 N–H and O–H groups in total. The predicted octanol–water partition coefficient (Wildman–Crippen LogP) is 4.47. The number of aliphatic hydroxyl groups excluding tert-OH is 1. The second-order valence-electron chi connectivity index (χ2n) is 9.36. The number of rotatable bonds is 12. The smallest absolute Gasteiger partial charge is 0.187 e. The summed E-state index contributed by atoms with van der Waals surface area (Å²) in [7, 11) is 0. The van der Waals surface area contributed by atoms with E-state index in [0.717, 1.165) is 18.6 Å². The normalized spacial score (nSPS) is 29.5. The fourth-order valence-corrected chi connectivity index (χ4v) is 4.50. The highest BCUT2D eigenvalue weighted by molar-refractivity contribution is 5.13. The molecule has 1 aliphatic heterocycles. The van der Waals surface area contributed by atoms with Crippen molar-refractivity contribution in [2.45, 2.75) is 103 Å². The van der Waals surface area contributed by atoms with E-state index in [4.69, 9.17) is 23.7 Å². The van der Waals surface area contributed by atoms with E-state index in [9.17, 15) is 5.11 Å². The van der Waals surface area contributed by atoms with Gasteiger partial charge in [-0.3, -0.25) is 0 Å². The summed E-state index contributed by atoms with van der Waals surface area (Å²) in [5.41, 5.74) is 1.05. The Morgan fingerprint density at radius 1 is 1.00 bits per heavy atom. The number of aliphatic hydroxyl groups is 1. The lowest BCUT2D eigenvalue weighted by Gasteiger charge is -2.44. The van der Waals surface area contributed by atoms with Crippen LogP contribution >= 0.6 is 0 Å². The van der Waals surface area contributed by atoms with Crippen LogP contribution in [0.2, 0.25) is 0 Å². The minimum Gasteiger partial charge on any atom is -0.387 e. The van der Waals surface area contributed by atoms with Gasteiger partial charge in [-0.05, 0) is 44.6 Å². The molecule has 1 unspecified atom stereocenters. The van der Waals surface area contributed by atoms with Crippen molar-refractivity contribution in [3.05, 3.63) is 35.9 Å². The van der Waals surface area contributed by atoms with Crippen molar-refractivity contribution in [1.29, 1.82) is 0 Å². The molecule has 182 valence electrons. The van der Waals surface area contributed by atoms with Crippen LogP contribution in [0.15, 0.2) is 30.3 Å². The molecule has 32 heavy (non-hydrogen) atoms. The van der Waals surface area contributed by atoms with Crippen LogP contribution in [0.3, 0.4) is 0 Å². The lowest BCUT2D eigenvalue weighted by molar-refractivity contribution is -0.326. The molecule has 3 rings (SSSR count). The lowest BCUT2D eigenvalue weighted by Crippen LogP contribution is -2.61. The first-order chi connectivity index (χ1) is 15.6. The largest absolute Gasteiger partial charge is 0.387 e. The first-order valence-electron chi connectivity index (χ1n) is 12.4. The van der Waals surface area contributed by atoms with Gasteiger partial charge in [0.05, 0.1) is 19.3 Å². The van der Waals surface area contributed by atoms with Gasteiger partial charge in [-0.1, -0.05) is 56.5 Å². The maximum atomic E-state index is 11.1. The summed E-state index contributed by atoms with van der Waals surface area (Å²) >= 11 is 0. The van der Waals surface area contributed by atoms with Crippen molar-refractivity contribution >= 4 is 0 Å². The van der Waals surface area contributed by atoms with Gasteiger partial charge in [0.25, 0.3) is 0 Å². The Hall–Kier alpha value is -1.02. The summed E-state index contributed by atoms with van der Waals surface area (Å²) in [6.45, 7) is 7.98. The molecule has 0 spiro atoms. The van der Waals surface area contributed by atoms with Gasteiger partial charge in [0.2, 0.25) is 0 Å². The van der Waals surface area contributed by atoms with E-state index in [1.54, 1.807) is 0 Å². The highest BCUT2D eigenvalue weighted by Crippen LogP contribution is 2.29. The van der Waals surface area contributed by atoms with Crippen LogP contribution in [0.1, 0.15) is 64.9 Å². The molecule has 1 saturated heterocycles. The van der Waals surface area contributed by atoms with E-state index in [0.29, 0.717) is 25.7 Å². The molecular weight excluding hydrogens is 408 g/mol. The second kappa shape index (κ2) is 13.6. The fourth-order valence-electron chi connectivity index (χ4n) is 4.50. The summed E-state index contributed by atoms with van der Waals surface area (Å²) in [6.07, 6.45) is 4.10. The fraction of sp³-hybridized carbons (Fsp3) is 0.769. The zero-order valence-corrected chi connectivity index (χ0v) is 20.0. The minimum absolute atomic E-state index is 0.0475. The first kappa shape index (κ1) is 25.6. The maximum Gasteiger partial charge on any atom is 0.187 e. The Morgan fingerprint density at radius 3 is 2.44 bits per heavy atom. The van der Waals surface area contributed by atoms with Gasteiger partial charge in [-0.2, -0.15) is 0 Å². The van der Waals surface area contributed by atoms with Gasteiger partial charge in [-0.25, -0.2) is 0 Å². The monoisotopic (exact) mass is 450 g/mol. The molecule has 0 radical (unpaired) electrons. The number of hydrogen-bond acceptors (Lipinski definition) is 6. The van der Waals surface area contributed by atoms with E-state index in [1.807, 2.05) is 44.2 Å². The maximum absolute atomic E-state index is 11.1. The topological polar surface area (TPSA) is 66.4 Å². The SMILES string of the molecule is CCCO[C@H]1[C@H](O)[C@@H](COCC2CCCCC2)OC(OC(C)C)[C@@H]1OCc1ccccc1. The Bertz CT molecular complexity index is 618. The Labute approximate surface area is 193 Å². The molecule has 1 aliphatic carbocycles. The Kier molecular flexibility index (Phi) is 10.9. The van der Waals surface area contributed by atoms with Crippen LogP contribution in [-0.4, -0.2) is 61.7 Å². The quantitative estimate of drug-likeness (QED) is 0.507. The minimum atomic E-state index is -0.847. The molecule has 0 amide bonds. The van der Waals surface area contributed by atoms with Crippen molar-refractivity contribution in [1.82, 2.24) is 0 Å². The van der Waals surface area contributed by atoms with E-state index >= 15 is 0 Å².